The van der Waals surface area contributed by atoms with E-state index < -0.39 is 10.4 Å². The summed E-state index contributed by atoms with van der Waals surface area (Å²) in [5, 5.41) is 2.64. The molecule has 0 bridgehead atoms. The Balaban J connectivity index is 2.36. The van der Waals surface area contributed by atoms with Crippen molar-refractivity contribution < 1.29 is 21.9 Å². The lowest BCUT2D eigenvalue weighted by atomic mass is 10.0. The molecule has 112 valence electrons. The Morgan fingerprint density at radius 3 is 2.40 bits per heavy atom. The summed E-state index contributed by atoms with van der Waals surface area (Å²) < 4.78 is 33.0. The van der Waals surface area contributed by atoms with Crippen molar-refractivity contribution in [1.82, 2.24) is 5.32 Å². The first-order chi connectivity index (χ1) is 9.29. The van der Waals surface area contributed by atoms with E-state index in [9.17, 15) is 13.2 Å². The van der Waals surface area contributed by atoms with Crippen LogP contribution >= 0.6 is 0 Å². The summed E-state index contributed by atoms with van der Waals surface area (Å²) in [5.74, 6) is 0.178. The summed E-state index contributed by atoms with van der Waals surface area (Å²) in [5.41, 5.74) is 1.70. The zero-order chi connectivity index (χ0) is 15.2. The first kappa shape index (κ1) is 16.6. The average molecular weight is 301 g/mol. The van der Waals surface area contributed by atoms with Crippen molar-refractivity contribution >= 4 is 16.3 Å². The minimum absolute atomic E-state index is 0.175. The fourth-order valence-electron chi connectivity index (χ4n) is 1.56. The molecular formula is C13H19NO5S. The summed E-state index contributed by atoms with van der Waals surface area (Å²) in [6, 6.07) is 7.31. The number of rotatable bonds is 7. The third-order valence-electron chi connectivity index (χ3n) is 2.68. The van der Waals surface area contributed by atoms with Gasteiger partial charge in [-0.3, -0.25) is 9.35 Å². The van der Waals surface area contributed by atoms with Gasteiger partial charge in [0.2, 0.25) is 0 Å². The molecule has 2 N–H and O–H groups in total. The van der Waals surface area contributed by atoms with Crippen LogP contribution in [0.3, 0.4) is 0 Å². The first-order valence-electron chi connectivity index (χ1n) is 6.29. The zero-order valence-electron chi connectivity index (χ0n) is 11.5. The Morgan fingerprint density at radius 2 is 1.90 bits per heavy atom. The van der Waals surface area contributed by atoms with Crippen LogP contribution in [0.25, 0.3) is 0 Å². The SMILES string of the molecule is CC(C)c1ccc(C(=O)NCCCOS(=O)(=O)O)cc1. The summed E-state index contributed by atoms with van der Waals surface area (Å²) in [6.07, 6.45) is 0.287. The Kier molecular flexibility index (Phi) is 6.12. The average Bonchev–Trinajstić information content (AvgIpc) is 2.37. The van der Waals surface area contributed by atoms with E-state index in [-0.39, 0.29) is 25.5 Å². The van der Waals surface area contributed by atoms with E-state index in [1.54, 1.807) is 12.1 Å². The minimum Gasteiger partial charge on any atom is -0.352 e. The number of nitrogens with one attached hydrogen (secondary N) is 1. The van der Waals surface area contributed by atoms with E-state index in [0.29, 0.717) is 11.5 Å². The second-order valence-electron chi connectivity index (χ2n) is 4.64. The van der Waals surface area contributed by atoms with Crippen LogP contribution in [-0.2, 0) is 14.6 Å². The Hall–Kier alpha value is -1.44. The van der Waals surface area contributed by atoms with Gasteiger partial charge >= 0.3 is 10.4 Å². The van der Waals surface area contributed by atoms with Gasteiger partial charge in [0.25, 0.3) is 5.91 Å². The van der Waals surface area contributed by atoms with Gasteiger partial charge in [0.1, 0.15) is 0 Å². The van der Waals surface area contributed by atoms with Crippen molar-refractivity contribution in [3.05, 3.63) is 35.4 Å². The molecule has 0 unspecified atom stereocenters. The molecule has 6 nitrogen and oxygen atoms in total. The largest absolute Gasteiger partial charge is 0.397 e. The molecule has 0 atom stereocenters. The molecule has 1 rings (SSSR count). The highest BCUT2D eigenvalue weighted by Gasteiger charge is 2.07. The van der Waals surface area contributed by atoms with Crippen LogP contribution < -0.4 is 5.32 Å². The van der Waals surface area contributed by atoms with Crippen molar-refractivity contribution in [2.75, 3.05) is 13.2 Å². The Labute approximate surface area is 119 Å². The van der Waals surface area contributed by atoms with Crippen molar-refractivity contribution in [3.63, 3.8) is 0 Å². The van der Waals surface area contributed by atoms with Crippen LogP contribution in [0.15, 0.2) is 24.3 Å². The second kappa shape index (κ2) is 7.37. The summed E-state index contributed by atoms with van der Waals surface area (Å²) >= 11 is 0. The van der Waals surface area contributed by atoms with Crippen molar-refractivity contribution in [2.45, 2.75) is 26.2 Å². The molecule has 1 amide bonds. The van der Waals surface area contributed by atoms with Crippen LogP contribution in [0, 0.1) is 0 Å². The molecule has 0 saturated heterocycles. The molecule has 20 heavy (non-hydrogen) atoms. The van der Waals surface area contributed by atoms with Crippen LogP contribution in [0.4, 0.5) is 0 Å². The van der Waals surface area contributed by atoms with Crippen LogP contribution in [0.2, 0.25) is 0 Å². The Bertz CT molecular complexity index is 536. The standard InChI is InChI=1S/C13H19NO5S/c1-10(2)11-4-6-12(7-5-11)13(15)14-8-3-9-19-20(16,17)18/h4-7,10H,3,8-9H2,1-2H3,(H,14,15)(H,16,17,18). The monoisotopic (exact) mass is 301 g/mol. The molecule has 0 saturated carbocycles. The molecule has 1 aromatic carbocycles. The van der Waals surface area contributed by atoms with Gasteiger partial charge in [0, 0.05) is 12.1 Å². The summed E-state index contributed by atoms with van der Waals surface area (Å²) in [4.78, 5) is 11.8. The highest BCUT2D eigenvalue weighted by molar-refractivity contribution is 7.80. The quantitative estimate of drug-likeness (QED) is 0.591. The first-order valence-corrected chi connectivity index (χ1v) is 7.66. The van der Waals surface area contributed by atoms with E-state index in [0.717, 1.165) is 5.56 Å². The predicted octanol–water partition coefficient (Wildman–Crippen LogP) is 1.75. The lowest BCUT2D eigenvalue weighted by Crippen LogP contribution is -2.25. The highest BCUT2D eigenvalue weighted by Crippen LogP contribution is 2.14. The van der Waals surface area contributed by atoms with E-state index in [1.165, 1.54) is 0 Å². The van der Waals surface area contributed by atoms with E-state index in [2.05, 4.69) is 23.3 Å². The van der Waals surface area contributed by atoms with Gasteiger partial charge in [0.15, 0.2) is 0 Å². The van der Waals surface area contributed by atoms with Gasteiger partial charge in [-0.05, 0) is 30.0 Å². The molecule has 0 aromatic heterocycles. The molecule has 1 aromatic rings. The normalized spacial score (nSPS) is 11.6. The van der Waals surface area contributed by atoms with Crippen molar-refractivity contribution in [3.8, 4) is 0 Å². The predicted molar refractivity (Wildman–Crippen MR) is 75.0 cm³/mol. The van der Waals surface area contributed by atoms with Gasteiger partial charge in [-0.15, -0.1) is 0 Å². The zero-order valence-corrected chi connectivity index (χ0v) is 12.3. The molecular weight excluding hydrogens is 282 g/mol. The fourth-order valence-corrected chi connectivity index (χ4v) is 1.89. The number of carbonyl (C=O) groups excluding carboxylic acids is 1. The molecule has 0 aliphatic rings. The van der Waals surface area contributed by atoms with Crippen molar-refractivity contribution in [1.29, 1.82) is 0 Å². The molecule has 0 fully saturated rings. The number of carbonyl (C=O) groups is 1. The topological polar surface area (TPSA) is 92.7 Å². The van der Waals surface area contributed by atoms with Crippen LogP contribution in [0.1, 0.15) is 42.1 Å². The van der Waals surface area contributed by atoms with Crippen LogP contribution in [0.5, 0.6) is 0 Å². The van der Waals surface area contributed by atoms with Crippen molar-refractivity contribution in [2.24, 2.45) is 0 Å². The third-order valence-corrected chi connectivity index (χ3v) is 3.14. The Morgan fingerprint density at radius 1 is 1.30 bits per heavy atom. The van der Waals surface area contributed by atoms with E-state index >= 15 is 0 Å². The van der Waals surface area contributed by atoms with Crippen LogP contribution in [-0.4, -0.2) is 32.0 Å². The number of amides is 1. The molecule has 0 radical (unpaired) electrons. The summed E-state index contributed by atoms with van der Waals surface area (Å²) in [6.45, 7) is 4.24. The van der Waals surface area contributed by atoms with E-state index in [4.69, 9.17) is 4.55 Å². The van der Waals surface area contributed by atoms with Gasteiger partial charge in [-0.25, -0.2) is 4.18 Å². The lowest BCUT2D eigenvalue weighted by Gasteiger charge is -2.07. The van der Waals surface area contributed by atoms with Gasteiger partial charge in [0.05, 0.1) is 6.61 Å². The maximum Gasteiger partial charge on any atom is 0.397 e. The maximum atomic E-state index is 11.8. The second-order valence-corrected chi connectivity index (χ2v) is 5.73. The minimum atomic E-state index is -4.40. The molecule has 7 heteroatoms. The van der Waals surface area contributed by atoms with Gasteiger partial charge in [-0.2, -0.15) is 8.42 Å². The van der Waals surface area contributed by atoms with Gasteiger partial charge in [-0.1, -0.05) is 26.0 Å². The number of hydrogen-bond donors (Lipinski definition) is 2. The molecule has 0 aliphatic heterocycles. The summed E-state index contributed by atoms with van der Waals surface area (Å²) in [7, 11) is -4.40. The fraction of sp³-hybridized carbons (Fsp3) is 0.462. The van der Waals surface area contributed by atoms with Gasteiger partial charge < -0.3 is 5.32 Å². The number of hydrogen-bond acceptors (Lipinski definition) is 4. The van der Waals surface area contributed by atoms with E-state index in [1.807, 2.05) is 12.1 Å². The highest BCUT2D eigenvalue weighted by atomic mass is 32.3. The maximum absolute atomic E-state index is 11.8. The third kappa shape index (κ3) is 6.14. The molecule has 0 aliphatic carbocycles. The number of benzene rings is 1. The lowest BCUT2D eigenvalue weighted by molar-refractivity contribution is 0.0951. The molecule has 0 spiro atoms. The smallest absolute Gasteiger partial charge is 0.352 e. The molecule has 0 heterocycles.